The van der Waals surface area contributed by atoms with Crippen molar-refractivity contribution in [1.29, 1.82) is 0 Å². The number of ether oxygens (including phenoxy) is 3. The topological polar surface area (TPSA) is 27.7 Å². The summed E-state index contributed by atoms with van der Waals surface area (Å²) in [5, 5.41) is 0. The monoisotopic (exact) mass is 374 g/mol. The van der Waals surface area contributed by atoms with E-state index in [1.807, 2.05) is 36.4 Å². The molecule has 0 unspecified atom stereocenters. The molecule has 144 valence electrons. The van der Waals surface area contributed by atoms with Crippen molar-refractivity contribution in [3.05, 3.63) is 95.1 Å². The molecule has 3 heterocycles. The van der Waals surface area contributed by atoms with Crippen LogP contribution in [-0.4, -0.2) is 19.8 Å². The number of rotatable bonds is 0. The molecule has 0 saturated heterocycles. The van der Waals surface area contributed by atoms with Crippen LogP contribution >= 0.6 is 0 Å². The van der Waals surface area contributed by atoms with Crippen LogP contribution in [0, 0.1) is 0 Å². The first-order valence-electron chi connectivity index (χ1n) is 9.96. The van der Waals surface area contributed by atoms with E-state index in [0.29, 0.717) is 0 Å². The molecule has 0 aromatic heterocycles. The lowest BCUT2D eigenvalue weighted by Crippen LogP contribution is -2.08. The third kappa shape index (κ3) is 4.73. The molecular formula is C25H26O3. The molecule has 3 aliphatic rings. The van der Waals surface area contributed by atoms with E-state index in [1.54, 1.807) is 0 Å². The Morgan fingerprint density at radius 1 is 0.464 bits per heavy atom. The van der Waals surface area contributed by atoms with Gasteiger partial charge in [0.25, 0.3) is 0 Å². The fourth-order valence-electron chi connectivity index (χ4n) is 3.55. The molecule has 28 heavy (non-hydrogen) atoms. The van der Waals surface area contributed by atoms with Crippen molar-refractivity contribution in [2.24, 2.45) is 0 Å². The fourth-order valence-corrected chi connectivity index (χ4v) is 3.55. The van der Waals surface area contributed by atoms with Gasteiger partial charge in [0, 0.05) is 12.8 Å². The first-order valence-corrected chi connectivity index (χ1v) is 9.96. The van der Waals surface area contributed by atoms with Gasteiger partial charge >= 0.3 is 0 Å². The molecule has 3 aromatic rings. The Kier molecular flexibility index (Phi) is 6.25. The second-order valence-corrected chi connectivity index (χ2v) is 6.98. The minimum absolute atomic E-state index is 0.802. The smallest absolute Gasteiger partial charge is 0.122 e. The van der Waals surface area contributed by atoms with Crippen molar-refractivity contribution < 1.29 is 14.2 Å². The lowest BCUT2D eigenvalue weighted by Gasteiger charge is -2.14. The van der Waals surface area contributed by atoms with Gasteiger partial charge in [-0.1, -0.05) is 60.7 Å². The summed E-state index contributed by atoms with van der Waals surface area (Å²) in [6.45, 7) is 3.41. The Morgan fingerprint density at radius 3 is 1.46 bits per heavy atom. The van der Waals surface area contributed by atoms with E-state index in [0.717, 1.165) is 57.2 Å². The zero-order valence-electron chi connectivity index (χ0n) is 16.1. The summed E-state index contributed by atoms with van der Waals surface area (Å²) < 4.78 is 15.9. The van der Waals surface area contributed by atoms with Crippen molar-refractivity contribution in [3.63, 3.8) is 0 Å². The van der Waals surface area contributed by atoms with Crippen LogP contribution in [0.2, 0.25) is 0 Å². The van der Waals surface area contributed by atoms with Gasteiger partial charge < -0.3 is 14.2 Å². The van der Waals surface area contributed by atoms with E-state index in [2.05, 4.69) is 36.4 Å². The summed E-state index contributed by atoms with van der Waals surface area (Å²) in [4.78, 5) is 0. The minimum Gasteiger partial charge on any atom is -0.493 e. The third-order valence-corrected chi connectivity index (χ3v) is 5.09. The predicted octanol–water partition coefficient (Wildman–Crippen LogP) is 5.00. The lowest BCUT2D eigenvalue weighted by atomic mass is 10.0. The molecule has 3 aliphatic heterocycles. The Bertz CT molecular complexity index is 783. The van der Waals surface area contributed by atoms with Crippen LogP contribution in [0.25, 0.3) is 0 Å². The standard InChI is InChI=1S/C9H10O.2C8H8O/c1-2-4-9-7-10-6-5-8(9)3-1;2*1-2-4-8-7(3-1)5-6-9-8/h1-4H,5-7H2;2*1-4H,5-6H2. The molecule has 3 nitrogen and oxygen atoms in total. The summed E-state index contributed by atoms with van der Waals surface area (Å²) in [5.41, 5.74) is 5.50. The van der Waals surface area contributed by atoms with E-state index in [9.17, 15) is 0 Å². The van der Waals surface area contributed by atoms with Crippen molar-refractivity contribution in [1.82, 2.24) is 0 Å². The van der Waals surface area contributed by atoms with Crippen LogP contribution in [-0.2, 0) is 30.6 Å². The van der Waals surface area contributed by atoms with E-state index >= 15 is 0 Å². The maximum atomic E-state index is 5.30. The van der Waals surface area contributed by atoms with Gasteiger partial charge in [0.05, 0.1) is 26.4 Å². The van der Waals surface area contributed by atoms with E-state index in [1.165, 1.54) is 22.3 Å². The molecule has 0 aliphatic carbocycles. The first-order chi connectivity index (χ1) is 13.9. The zero-order valence-corrected chi connectivity index (χ0v) is 16.1. The fraction of sp³-hybridized carbons (Fsp3) is 0.280. The summed E-state index contributed by atoms with van der Waals surface area (Å²) in [7, 11) is 0. The third-order valence-electron chi connectivity index (χ3n) is 5.09. The van der Waals surface area contributed by atoms with Crippen molar-refractivity contribution in [2.75, 3.05) is 19.8 Å². The van der Waals surface area contributed by atoms with Crippen LogP contribution in [0.15, 0.2) is 72.8 Å². The van der Waals surface area contributed by atoms with Gasteiger partial charge in [0.1, 0.15) is 11.5 Å². The SMILES string of the molecule is c1ccc2c(c1)CCO2.c1ccc2c(c1)CCO2.c1ccc2c(c1)CCOC2. The van der Waals surface area contributed by atoms with Crippen LogP contribution < -0.4 is 9.47 Å². The molecule has 0 fully saturated rings. The summed E-state index contributed by atoms with van der Waals surface area (Å²) in [5.74, 6) is 2.13. The molecule has 0 amide bonds. The van der Waals surface area contributed by atoms with Gasteiger partial charge in [0.15, 0.2) is 0 Å². The van der Waals surface area contributed by atoms with Crippen LogP contribution in [0.4, 0.5) is 0 Å². The second kappa shape index (κ2) is 9.43. The highest BCUT2D eigenvalue weighted by atomic mass is 16.5. The molecule has 0 radical (unpaired) electrons. The van der Waals surface area contributed by atoms with E-state index in [-0.39, 0.29) is 0 Å². The van der Waals surface area contributed by atoms with Crippen LogP contribution in [0.1, 0.15) is 22.3 Å². The average Bonchev–Trinajstić information content (AvgIpc) is 3.44. The van der Waals surface area contributed by atoms with Gasteiger partial charge in [-0.3, -0.25) is 0 Å². The highest BCUT2D eigenvalue weighted by molar-refractivity contribution is 5.36. The molecule has 0 spiro atoms. The number of hydrogen-bond donors (Lipinski definition) is 0. The van der Waals surface area contributed by atoms with Crippen LogP contribution in [0.5, 0.6) is 11.5 Å². The molecule has 0 saturated carbocycles. The van der Waals surface area contributed by atoms with Crippen molar-refractivity contribution >= 4 is 0 Å². The van der Waals surface area contributed by atoms with Gasteiger partial charge in [-0.2, -0.15) is 0 Å². The Labute approximate surface area is 166 Å². The normalized spacial score (nSPS) is 15.3. The molecule has 3 heteroatoms. The van der Waals surface area contributed by atoms with E-state index in [4.69, 9.17) is 14.2 Å². The van der Waals surface area contributed by atoms with Gasteiger partial charge in [-0.15, -0.1) is 0 Å². The second-order valence-electron chi connectivity index (χ2n) is 6.98. The van der Waals surface area contributed by atoms with Crippen LogP contribution in [0.3, 0.4) is 0 Å². The van der Waals surface area contributed by atoms with Gasteiger partial charge in [-0.25, -0.2) is 0 Å². The maximum absolute atomic E-state index is 5.30. The lowest BCUT2D eigenvalue weighted by molar-refractivity contribution is 0.111. The predicted molar refractivity (Wildman–Crippen MR) is 111 cm³/mol. The van der Waals surface area contributed by atoms with Crippen molar-refractivity contribution in [3.8, 4) is 11.5 Å². The number of benzene rings is 3. The Balaban J connectivity index is 0.000000103. The van der Waals surface area contributed by atoms with E-state index < -0.39 is 0 Å². The number of fused-ring (bicyclic) bond motifs is 3. The molecule has 0 bridgehead atoms. The van der Waals surface area contributed by atoms with Crippen molar-refractivity contribution in [2.45, 2.75) is 25.9 Å². The molecule has 0 N–H and O–H groups in total. The van der Waals surface area contributed by atoms with Gasteiger partial charge in [0.2, 0.25) is 0 Å². The minimum atomic E-state index is 0.802. The highest BCUT2D eigenvalue weighted by Crippen LogP contribution is 2.24. The Hall–Kier alpha value is -2.78. The summed E-state index contributed by atoms with van der Waals surface area (Å²) >= 11 is 0. The van der Waals surface area contributed by atoms with Gasteiger partial charge in [-0.05, 0) is 40.8 Å². The summed E-state index contributed by atoms with van der Waals surface area (Å²) in [6.07, 6.45) is 3.24. The highest BCUT2D eigenvalue weighted by Gasteiger charge is 2.09. The molecule has 0 atom stereocenters. The zero-order chi connectivity index (χ0) is 19.0. The number of hydrogen-bond acceptors (Lipinski definition) is 3. The largest absolute Gasteiger partial charge is 0.493 e. The molecular weight excluding hydrogens is 348 g/mol. The molecule has 6 rings (SSSR count). The quantitative estimate of drug-likeness (QED) is 0.554. The summed E-state index contributed by atoms with van der Waals surface area (Å²) in [6, 6.07) is 24.8. The molecule has 3 aromatic carbocycles. The maximum Gasteiger partial charge on any atom is 0.122 e. The Morgan fingerprint density at radius 2 is 0.929 bits per heavy atom. The number of para-hydroxylation sites is 2. The first kappa shape index (κ1) is 18.6. The average molecular weight is 374 g/mol.